The van der Waals surface area contributed by atoms with Gasteiger partial charge in [0.2, 0.25) is 5.91 Å². The van der Waals surface area contributed by atoms with Gasteiger partial charge in [-0.3, -0.25) is 9.59 Å². The molecule has 2 atom stereocenters. The third-order valence-electron chi connectivity index (χ3n) is 2.82. The number of carboxylic acid groups (broad SMARTS) is 1. The van der Waals surface area contributed by atoms with E-state index in [1.807, 2.05) is 11.4 Å². The largest absolute Gasteiger partial charge is 0.481 e. The van der Waals surface area contributed by atoms with Crippen LogP contribution in [-0.4, -0.2) is 28.9 Å². The molecule has 0 aliphatic carbocycles. The van der Waals surface area contributed by atoms with Crippen LogP contribution in [-0.2, 0) is 9.59 Å². The zero-order chi connectivity index (χ0) is 11.9. The standard InChI is InChI=1S/C10H10BrNO3S/c1-12-7(13)4-5(10(14)15)8(12)9-6(11)2-3-16-9/h2-3,5,8H,4H2,1H3,(H,14,15). The van der Waals surface area contributed by atoms with E-state index in [0.717, 1.165) is 9.35 Å². The smallest absolute Gasteiger partial charge is 0.309 e. The second kappa shape index (κ2) is 4.18. The van der Waals surface area contributed by atoms with E-state index in [1.54, 1.807) is 7.05 Å². The van der Waals surface area contributed by atoms with Crippen LogP contribution < -0.4 is 0 Å². The maximum atomic E-state index is 11.6. The fraction of sp³-hybridized carbons (Fsp3) is 0.400. The number of rotatable bonds is 2. The zero-order valence-corrected chi connectivity index (χ0v) is 10.9. The second-order valence-corrected chi connectivity index (χ2v) is 5.53. The first-order chi connectivity index (χ1) is 7.52. The Hall–Kier alpha value is -0.880. The van der Waals surface area contributed by atoms with Crippen LogP contribution in [0.2, 0.25) is 0 Å². The predicted octanol–water partition coefficient (Wildman–Crippen LogP) is 2.11. The fourth-order valence-corrected chi connectivity index (χ4v) is 3.78. The fourth-order valence-electron chi connectivity index (χ4n) is 1.97. The SMILES string of the molecule is CN1C(=O)CC(C(=O)O)C1c1sccc1Br. The molecule has 0 spiro atoms. The Bertz CT molecular complexity index is 445. The molecule has 1 aliphatic rings. The molecule has 86 valence electrons. The van der Waals surface area contributed by atoms with E-state index >= 15 is 0 Å². The summed E-state index contributed by atoms with van der Waals surface area (Å²) in [4.78, 5) is 25.1. The van der Waals surface area contributed by atoms with E-state index in [4.69, 9.17) is 5.11 Å². The van der Waals surface area contributed by atoms with Gasteiger partial charge in [0.15, 0.2) is 0 Å². The number of hydrogen-bond donors (Lipinski definition) is 1. The highest BCUT2D eigenvalue weighted by Gasteiger charge is 2.44. The number of hydrogen-bond acceptors (Lipinski definition) is 3. The number of amides is 1. The van der Waals surface area contributed by atoms with Crippen molar-refractivity contribution in [3.8, 4) is 0 Å². The molecule has 1 saturated heterocycles. The maximum Gasteiger partial charge on any atom is 0.309 e. The van der Waals surface area contributed by atoms with Crippen LogP contribution in [0.25, 0.3) is 0 Å². The van der Waals surface area contributed by atoms with E-state index in [9.17, 15) is 9.59 Å². The summed E-state index contributed by atoms with van der Waals surface area (Å²) in [6.45, 7) is 0. The lowest BCUT2D eigenvalue weighted by Crippen LogP contribution is -2.26. The predicted molar refractivity (Wildman–Crippen MR) is 63.3 cm³/mol. The number of carbonyl (C=O) groups is 2. The number of aliphatic carboxylic acids is 1. The van der Waals surface area contributed by atoms with E-state index < -0.39 is 11.9 Å². The van der Waals surface area contributed by atoms with Crippen molar-refractivity contribution in [2.24, 2.45) is 5.92 Å². The summed E-state index contributed by atoms with van der Waals surface area (Å²) in [5.74, 6) is -1.67. The molecule has 16 heavy (non-hydrogen) atoms. The molecule has 1 aliphatic heterocycles. The van der Waals surface area contributed by atoms with Crippen molar-refractivity contribution in [1.29, 1.82) is 0 Å². The number of halogens is 1. The van der Waals surface area contributed by atoms with Crippen LogP contribution in [0.4, 0.5) is 0 Å². The van der Waals surface area contributed by atoms with Gasteiger partial charge in [-0.15, -0.1) is 11.3 Å². The summed E-state index contributed by atoms with van der Waals surface area (Å²) in [5, 5.41) is 11.0. The van der Waals surface area contributed by atoms with Crippen molar-refractivity contribution in [3.05, 3.63) is 20.8 Å². The van der Waals surface area contributed by atoms with Crippen molar-refractivity contribution in [3.63, 3.8) is 0 Å². The van der Waals surface area contributed by atoms with Gasteiger partial charge < -0.3 is 10.0 Å². The van der Waals surface area contributed by atoms with Crippen LogP contribution in [0.15, 0.2) is 15.9 Å². The summed E-state index contributed by atoms with van der Waals surface area (Å²) in [6.07, 6.45) is 0.0842. The molecule has 6 heteroatoms. The number of nitrogens with zero attached hydrogens (tertiary/aromatic N) is 1. The Morgan fingerprint density at radius 3 is 2.88 bits per heavy atom. The minimum Gasteiger partial charge on any atom is -0.481 e. The molecule has 0 bridgehead atoms. The van der Waals surface area contributed by atoms with Crippen LogP contribution in [0.3, 0.4) is 0 Å². The van der Waals surface area contributed by atoms with Crippen molar-refractivity contribution in [2.45, 2.75) is 12.5 Å². The molecule has 1 aromatic heterocycles. The van der Waals surface area contributed by atoms with Gasteiger partial charge in [-0.1, -0.05) is 0 Å². The Morgan fingerprint density at radius 1 is 1.69 bits per heavy atom. The van der Waals surface area contributed by atoms with Crippen molar-refractivity contribution >= 4 is 39.1 Å². The lowest BCUT2D eigenvalue weighted by atomic mass is 9.99. The average Bonchev–Trinajstić information content (AvgIpc) is 2.73. The number of likely N-dealkylation sites (tertiary alicyclic amines) is 1. The van der Waals surface area contributed by atoms with Gasteiger partial charge in [-0.25, -0.2) is 0 Å². The summed E-state index contributed by atoms with van der Waals surface area (Å²) in [6, 6.07) is 1.52. The normalized spacial score (nSPS) is 25.1. The van der Waals surface area contributed by atoms with Gasteiger partial charge in [-0.05, 0) is 27.4 Å². The van der Waals surface area contributed by atoms with Gasteiger partial charge in [-0.2, -0.15) is 0 Å². The Labute approximate surface area is 105 Å². The number of carboxylic acids is 1. The highest BCUT2D eigenvalue weighted by Crippen LogP contribution is 2.42. The van der Waals surface area contributed by atoms with Crippen molar-refractivity contribution in [2.75, 3.05) is 7.05 Å². The van der Waals surface area contributed by atoms with Crippen molar-refractivity contribution in [1.82, 2.24) is 4.90 Å². The lowest BCUT2D eigenvalue weighted by molar-refractivity contribution is -0.142. The minimum atomic E-state index is -0.914. The lowest BCUT2D eigenvalue weighted by Gasteiger charge is -2.22. The maximum absolute atomic E-state index is 11.6. The number of thiophene rings is 1. The first-order valence-electron chi connectivity index (χ1n) is 4.73. The molecular weight excluding hydrogens is 294 g/mol. The second-order valence-electron chi connectivity index (χ2n) is 3.73. The monoisotopic (exact) mass is 303 g/mol. The highest BCUT2D eigenvalue weighted by molar-refractivity contribution is 9.10. The zero-order valence-electron chi connectivity index (χ0n) is 8.51. The summed E-state index contributed by atoms with van der Waals surface area (Å²) >= 11 is 4.85. The van der Waals surface area contributed by atoms with Gasteiger partial charge in [0.25, 0.3) is 0 Å². The Kier molecular flexibility index (Phi) is 3.03. The average molecular weight is 304 g/mol. The Morgan fingerprint density at radius 2 is 2.38 bits per heavy atom. The molecule has 1 aromatic rings. The van der Waals surface area contributed by atoms with Crippen LogP contribution in [0, 0.1) is 5.92 Å². The van der Waals surface area contributed by atoms with Gasteiger partial charge in [0, 0.05) is 22.8 Å². The van der Waals surface area contributed by atoms with E-state index in [0.29, 0.717) is 0 Å². The first-order valence-corrected chi connectivity index (χ1v) is 6.41. The summed E-state index contributed by atoms with van der Waals surface area (Å²) in [5.41, 5.74) is 0. The molecule has 0 radical (unpaired) electrons. The molecule has 1 amide bonds. The van der Waals surface area contributed by atoms with Crippen LogP contribution >= 0.6 is 27.3 Å². The molecular formula is C10H10BrNO3S. The van der Waals surface area contributed by atoms with E-state index in [2.05, 4.69) is 15.9 Å². The van der Waals surface area contributed by atoms with Crippen LogP contribution in [0.1, 0.15) is 17.3 Å². The van der Waals surface area contributed by atoms with E-state index in [-0.39, 0.29) is 18.4 Å². The Balaban J connectivity index is 2.40. The van der Waals surface area contributed by atoms with Gasteiger partial charge in [0.1, 0.15) is 0 Å². The molecule has 0 saturated carbocycles. The topological polar surface area (TPSA) is 57.6 Å². The first kappa shape index (κ1) is 11.6. The minimum absolute atomic E-state index is 0.0842. The van der Waals surface area contributed by atoms with E-state index in [1.165, 1.54) is 16.2 Å². The molecule has 0 aromatic carbocycles. The summed E-state index contributed by atoms with van der Waals surface area (Å²) < 4.78 is 0.871. The third-order valence-corrected chi connectivity index (χ3v) is 4.76. The number of carbonyl (C=O) groups excluding carboxylic acids is 1. The molecule has 2 rings (SSSR count). The van der Waals surface area contributed by atoms with Crippen molar-refractivity contribution < 1.29 is 14.7 Å². The molecule has 1 fully saturated rings. The molecule has 2 unspecified atom stereocenters. The van der Waals surface area contributed by atoms with Gasteiger partial charge in [0.05, 0.1) is 12.0 Å². The summed E-state index contributed by atoms with van der Waals surface area (Å²) in [7, 11) is 1.65. The van der Waals surface area contributed by atoms with Crippen LogP contribution in [0.5, 0.6) is 0 Å². The molecule has 2 heterocycles. The van der Waals surface area contributed by atoms with Gasteiger partial charge >= 0.3 is 5.97 Å². The molecule has 1 N–H and O–H groups in total. The molecule has 4 nitrogen and oxygen atoms in total. The quantitative estimate of drug-likeness (QED) is 0.910. The highest BCUT2D eigenvalue weighted by atomic mass is 79.9. The third kappa shape index (κ3) is 1.76.